The fraction of sp³-hybridized carbons (Fsp3) is 0.478. The van der Waals surface area contributed by atoms with E-state index in [-0.39, 0.29) is 5.56 Å². The van der Waals surface area contributed by atoms with Crippen LogP contribution >= 0.6 is 0 Å². The summed E-state index contributed by atoms with van der Waals surface area (Å²) < 4.78 is 57.8. The molecule has 0 atom stereocenters. The third-order valence-corrected chi connectivity index (χ3v) is 3.26. The Balaban J connectivity index is 2.73. The number of hydrogen-bond acceptors (Lipinski definition) is 0. The summed E-state index contributed by atoms with van der Waals surface area (Å²) in [6, 6.07) is 11.7. The molecule has 0 N–H and O–H groups in total. The van der Waals surface area contributed by atoms with E-state index in [0.717, 1.165) is 11.1 Å². The molecule has 0 spiro atoms. The molecule has 0 aromatic heterocycles. The maximum absolute atomic E-state index is 8.84. The summed E-state index contributed by atoms with van der Waals surface area (Å²) in [4.78, 5) is 0. The molecule has 2 aromatic rings. The highest BCUT2D eigenvalue weighted by Gasteiger charge is 2.18. The Morgan fingerprint density at radius 3 is 1.78 bits per heavy atom. The molecule has 0 bridgehead atoms. The van der Waals surface area contributed by atoms with Crippen molar-refractivity contribution in [1.29, 1.82) is 0 Å². The number of rotatable bonds is 3. The molecule has 0 aliphatic rings. The molecule has 0 saturated carbocycles. The van der Waals surface area contributed by atoms with E-state index < -0.39 is 30.4 Å². The first-order chi connectivity index (χ1) is 13.3. The van der Waals surface area contributed by atoms with Crippen molar-refractivity contribution in [2.24, 2.45) is 10.8 Å². The van der Waals surface area contributed by atoms with Gasteiger partial charge in [-0.1, -0.05) is 89.6 Å². The zero-order valence-corrected chi connectivity index (χ0v) is 15.0. The van der Waals surface area contributed by atoms with Crippen LogP contribution < -0.4 is 0 Å². The lowest BCUT2D eigenvalue weighted by atomic mass is 9.80. The van der Waals surface area contributed by atoms with Crippen molar-refractivity contribution in [3.63, 3.8) is 0 Å². The van der Waals surface area contributed by atoms with E-state index in [1.165, 1.54) is 0 Å². The van der Waals surface area contributed by atoms with Gasteiger partial charge in [0.25, 0.3) is 0 Å². The molecular formula is C23H32. The maximum Gasteiger partial charge on any atom is 0.0321 e. The Kier molecular flexibility index (Phi) is 2.93. The van der Waals surface area contributed by atoms with Crippen molar-refractivity contribution in [2.45, 2.75) is 61.1 Å². The van der Waals surface area contributed by atoms with Gasteiger partial charge in [0.05, 0.1) is 0 Å². The van der Waals surface area contributed by atoms with Crippen molar-refractivity contribution in [3.8, 4) is 11.1 Å². The summed E-state index contributed by atoms with van der Waals surface area (Å²) in [7, 11) is 0. The van der Waals surface area contributed by atoms with Gasteiger partial charge in [-0.2, -0.15) is 0 Å². The van der Waals surface area contributed by atoms with Gasteiger partial charge in [0.1, 0.15) is 0 Å². The first-order valence-electron chi connectivity index (χ1n) is 11.6. The fourth-order valence-corrected chi connectivity index (χ4v) is 2.41. The van der Waals surface area contributed by atoms with Crippen LogP contribution in [0, 0.1) is 17.7 Å². The minimum absolute atomic E-state index is 0.247. The summed E-state index contributed by atoms with van der Waals surface area (Å²) in [6.45, 7) is 8.67. The van der Waals surface area contributed by atoms with Gasteiger partial charge in [-0.15, -0.1) is 0 Å². The van der Waals surface area contributed by atoms with Crippen LogP contribution in [0.4, 0.5) is 0 Å². The second kappa shape index (κ2) is 6.51. The minimum Gasteiger partial charge on any atom is -0.0599 e. The first-order valence-corrected chi connectivity index (χ1v) is 8.06. The van der Waals surface area contributed by atoms with E-state index in [0.29, 0.717) is 11.1 Å². The summed E-state index contributed by atoms with van der Waals surface area (Å²) in [5.74, 6) is 0. The molecule has 0 aliphatic heterocycles. The largest absolute Gasteiger partial charge is 0.0599 e. The normalized spacial score (nSPS) is 18.8. The predicted molar refractivity (Wildman–Crippen MR) is 103 cm³/mol. The van der Waals surface area contributed by atoms with Crippen LogP contribution in [-0.2, 0) is 12.7 Å². The standard InChI is InChI=1S/C23H32/c1-17-8-10-18(11-9-17)19-12-13-20(15-22(2,3)4)21(14-19)16-23(5,6)7/h8-14H,15-16H2,1-7H3/i1D3,15D2,16D2. The van der Waals surface area contributed by atoms with Crippen LogP contribution in [0.5, 0.6) is 0 Å². The lowest BCUT2D eigenvalue weighted by molar-refractivity contribution is 0.392. The summed E-state index contributed by atoms with van der Waals surface area (Å²) >= 11 is 0. The van der Waals surface area contributed by atoms with Crippen LogP contribution in [0.15, 0.2) is 42.5 Å². The smallest absolute Gasteiger partial charge is 0.0321 e. The Morgan fingerprint density at radius 1 is 0.739 bits per heavy atom. The predicted octanol–water partition coefficient (Wildman–Crippen LogP) is 6.84. The van der Waals surface area contributed by atoms with E-state index >= 15 is 0 Å². The molecule has 2 rings (SSSR count). The second-order valence-corrected chi connectivity index (χ2v) is 8.09. The summed E-state index contributed by atoms with van der Waals surface area (Å²) in [6.07, 6.45) is -3.53. The number of aryl methyl sites for hydroxylation is 1. The minimum atomic E-state index is -2.18. The van der Waals surface area contributed by atoms with Crippen LogP contribution in [-0.4, -0.2) is 0 Å². The van der Waals surface area contributed by atoms with Crippen molar-refractivity contribution in [2.75, 3.05) is 0 Å². The number of hydrogen-bond donors (Lipinski definition) is 0. The van der Waals surface area contributed by atoms with E-state index in [4.69, 9.17) is 9.60 Å². The number of benzene rings is 2. The van der Waals surface area contributed by atoms with E-state index in [1.54, 1.807) is 63.2 Å². The Labute approximate surface area is 152 Å². The van der Waals surface area contributed by atoms with Gasteiger partial charge in [-0.3, -0.25) is 0 Å². The molecule has 0 nitrogen and oxygen atoms in total. The summed E-state index contributed by atoms with van der Waals surface area (Å²) in [5.41, 5.74) is 0.931. The van der Waals surface area contributed by atoms with Gasteiger partial charge < -0.3 is 0 Å². The van der Waals surface area contributed by atoms with Crippen molar-refractivity contribution < 1.29 is 9.60 Å². The lowest BCUT2D eigenvalue weighted by Gasteiger charge is -2.25. The third-order valence-electron chi connectivity index (χ3n) is 3.26. The molecule has 0 heterocycles. The highest BCUT2D eigenvalue weighted by Crippen LogP contribution is 2.31. The second-order valence-electron chi connectivity index (χ2n) is 8.09. The van der Waals surface area contributed by atoms with E-state index in [1.807, 2.05) is 20.8 Å². The van der Waals surface area contributed by atoms with Gasteiger partial charge >= 0.3 is 0 Å². The molecule has 0 radical (unpaired) electrons. The Bertz CT molecular complexity index is 893. The van der Waals surface area contributed by atoms with Gasteiger partial charge in [0, 0.05) is 9.60 Å². The van der Waals surface area contributed by atoms with Gasteiger partial charge in [0.2, 0.25) is 0 Å². The highest BCUT2D eigenvalue weighted by molar-refractivity contribution is 5.65. The van der Waals surface area contributed by atoms with Gasteiger partial charge in [0.15, 0.2) is 0 Å². The Hall–Kier alpha value is -1.56. The molecule has 0 saturated heterocycles. The van der Waals surface area contributed by atoms with Gasteiger partial charge in [-0.05, 0) is 52.7 Å². The molecule has 0 unspecified atom stereocenters. The lowest BCUT2D eigenvalue weighted by Crippen LogP contribution is -2.15. The average Bonchev–Trinajstić information content (AvgIpc) is 2.58. The van der Waals surface area contributed by atoms with E-state index in [9.17, 15) is 0 Å². The molecule has 2 aromatic carbocycles. The molecule has 0 aliphatic carbocycles. The average molecular weight is 316 g/mol. The fourth-order valence-electron chi connectivity index (χ4n) is 2.41. The zero-order chi connectivity index (χ0) is 23.3. The third kappa shape index (κ3) is 5.53. The molecule has 124 valence electrons. The van der Waals surface area contributed by atoms with Crippen LogP contribution in [0.25, 0.3) is 11.1 Å². The monoisotopic (exact) mass is 315 g/mol. The van der Waals surface area contributed by atoms with Crippen LogP contribution in [0.2, 0.25) is 0 Å². The molecule has 0 heteroatoms. The van der Waals surface area contributed by atoms with Crippen LogP contribution in [0.1, 0.15) is 67.8 Å². The molecule has 0 amide bonds. The van der Waals surface area contributed by atoms with Crippen LogP contribution in [0.3, 0.4) is 0 Å². The Morgan fingerprint density at radius 2 is 1.26 bits per heavy atom. The SMILES string of the molecule is [2H]C([2H])([2H])c1ccc(-c2ccc(C([2H])([2H])C(C)(C)C)c(C([2H])([2H])C(C)(C)C)c2)cc1. The van der Waals surface area contributed by atoms with Crippen molar-refractivity contribution >= 4 is 0 Å². The maximum atomic E-state index is 8.84. The topological polar surface area (TPSA) is 0 Å². The van der Waals surface area contributed by atoms with Crippen molar-refractivity contribution in [1.82, 2.24) is 0 Å². The highest BCUT2D eigenvalue weighted by atomic mass is 14.2. The summed E-state index contributed by atoms with van der Waals surface area (Å²) in [5, 5.41) is 0. The molecule has 23 heavy (non-hydrogen) atoms. The van der Waals surface area contributed by atoms with E-state index in [2.05, 4.69) is 0 Å². The van der Waals surface area contributed by atoms with Crippen molar-refractivity contribution in [3.05, 3.63) is 59.2 Å². The quantitative estimate of drug-likeness (QED) is 0.581. The molecule has 0 fully saturated rings. The molecular weight excluding hydrogens is 276 g/mol. The van der Waals surface area contributed by atoms with Gasteiger partial charge in [-0.25, -0.2) is 0 Å². The first kappa shape index (κ1) is 10.3. The zero-order valence-electron chi connectivity index (χ0n) is 22.0.